The summed E-state index contributed by atoms with van der Waals surface area (Å²) in [6.07, 6.45) is 3.45. The number of primary amides is 1. The number of halogens is 1. The topological polar surface area (TPSA) is 72.4 Å². The zero-order valence-electron chi connectivity index (χ0n) is 9.38. The highest BCUT2D eigenvalue weighted by Gasteiger charge is 2.00. The zero-order valence-corrected chi connectivity index (χ0v) is 11.0. The van der Waals surface area contributed by atoms with Gasteiger partial charge in [-0.05, 0) is 36.4 Å². The Morgan fingerprint density at radius 2 is 2.06 bits per heavy atom. The minimum Gasteiger partial charge on any atom is -0.350 e. The van der Waals surface area contributed by atoms with Crippen molar-refractivity contribution in [3.63, 3.8) is 0 Å². The van der Waals surface area contributed by atoms with E-state index in [1.54, 1.807) is 0 Å². The number of hydrogen-bond acceptors (Lipinski definition) is 2. The van der Waals surface area contributed by atoms with Crippen LogP contribution in [0, 0.1) is 0 Å². The smallest absolute Gasteiger partial charge is 0.332 e. The van der Waals surface area contributed by atoms with Crippen LogP contribution in [0.25, 0.3) is 5.69 Å². The number of nitrogens with two attached hydrogens (primary N) is 1. The second-order valence-corrected chi connectivity index (χ2v) is 4.43. The van der Waals surface area contributed by atoms with E-state index in [-0.39, 0.29) is 0 Å². The monoisotopic (exact) mass is 306 g/mol. The van der Waals surface area contributed by atoms with Crippen LogP contribution < -0.4 is 11.2 Å². The van der Waals surface area contributed by atoms with Gasteiger partial charge in [0.2, 0.25) is 0 Å². The van der Waals surface area contributed by atoms with Gasteiger partial charge in [-0.25, -0.2) is 10.2 Å². The first-order valence-electron chi connectivity index (χ1n) is 5.18. The van der Waals surface area contributed by atoms with Gasteiger partial charge >= 0.3 is 6.03 Å². The summed E-state index contributed by atoms with van der Waals surface area (Å²) in [5.41, 5.74) is 8.92. The van der Waals surface area contributed by atoms with Crippen molar-refractivity contribution < 1.29 is 4.79 Å². The number of nitrogens with one attached hydrogen (secondary N) is 1. The quantitative estimate of drug-likeness (QED) is 0.662. The van der Waals surface area contributed by atoms with Gasteiger partial charge in [-0.1, -0.05) is 15.9 Å². The summed E-state index contributed by atoms with van der Waals surface area (Å²) in [5.74, 6) is 0. The summed E-state index contributed by atoms with van der Waals surface area (Å²) in [4.78, 5) is 10.5. The molecule has 92 valence electrons. The van der Waals surface area contributed by atoms with E-state index < -0.39 is 6.03 Å². The number of rotatable bonds is 3. The van der Waals surface area contributed by atoms with Gasteiger partial charge in [-0.2, -0.15) is 5.10 Å². The molecule has 1 aromatic heterocycles. The molecule has 0 saturated carbocycles. The lowest BCUT2D eigenvalue weighted by Gasteiger charge is -2.06. The van der Waals surface area contributed by atoms with Crippen molar-refractivity contribution in [3.05, 3.63) is 52.8 Å². The molecule has 6 heteroatoms. The average Bonchev–Trinajstić information content (AvgIpc) is 2.78. The van der Waals surface area contributed by atoms with E-state index in [4.69, 9.17) is 5.73 Å². The molecule has 2 rings (SSSR count). The van der Waals surface area contributed by atoms with Crippen LogP contribution in [0.2, 0.25) is 0 Å². The fourth-order valence-electron chi connectivity index (χ4n) is 1.50. The van der Waals surface area contributed by atoms with Gasteiger partial charge < -0.3 is 10.3 Å². The number of hydrogen-bond donors (Lipinski definition) is 2. The third-order valence-electron chi connectivity index (χ3n) is 2.26. The lowest BCUT2D eigenvalue weighted by molar-refractivity contribution is 0.249. The highest BCUT2D eigenvalue weighted by atomic mass is 79.9. The molecule has 5 nitrogen and oxygen atoms in total. The molecule has 0 bridgehead atoms. The Morgan fingerprint density at radius 1 is 1.33 bits per heavy atom. The zero-order chi connectivity index (χ0) is 13.0. The maximum absolute atomic E-state index is 10.5. The van der Waals surface area contributed by atoms with E-state index in [1.807, 2.05) is 47.2 Å². The first kappa shape index (κ1) is 12.4. The first-order valence-corrected chi connectivity index (χ1v) is 5.98. The summed E-state index contributed by atoms with van der Waals surface area (Å²) < 4.78 is 2.96. The highest BCUT2D eigenvalue weighted by Crippen LogP contribution is 2.15. The maximum Gasteiger partial charge on any atom is 0.332 e. The maximum atomic E-state index is 10.5. The van der Waals surface area contributed by atoms with E-state index in [2.05, 4.69) is 26.5 Å². The van der Waals surface area contributed by atoms with Crippen LogP contribution in [0.1, 0.15) is 5.69 Å². The normalized spacial score (nSPS) is 10.7. The Morgan fingerprint density at radius 3 is 2.72 bits per heavy atom. The van der Waals surface area contributed by atoms with Crippen molar-refractivity contribution >= 4 is 28.2 Å². The second-order valence-electron chi connectivity index (χ2n) is 3.51. The highest BCUT2D eigenvalue weighted by molar-refractivity contribution is 9.10. The Labute approximate surface area is 112 Å². The predicted molar refractivity (Wildman–Crippen MR) is 73.8 cm³/mol. The number of aromatic nitrogens is 1. The van der Waals surface area contributed by atoms with E-state index in [0.29, 0.717) is 0 Å². The summed E-state index contributed by atoms with van der Waals surface area (Å²) in [6, 6.07) is 11.0. The molecule has 0 radical (unpaired) electrons. The number of carbonyl (C=O) groups excluding carboxylic acids is 1. The Hall–Kier alpha value is -2.08. The first-order chi connectivity index (χ1) is 8.66. The van der Waals surface area contributed by atoms with Gasteiger partial charge in [0.05, 0.1) is 11.9 Å². The molecule has 3 N–H and O–H groups in total. The van der Waals surface area contributed by atoms with Crippen molar-refractivity contribution in [2.24, 2.45) is 10.8 Å². The molecule has 1 aromatic carbocycles. The number of urea groups is 1. The Bertz CT molecular complexity index is 574. The fraction of sp³-hybridized carbons (Fsp3) is 0. The molecular formula is C12H11BrN4O. The molecule has 0 spiro atoms. The van der Waals surface area contributed by atoms with Gasteiger partial charge in [0.1, 0.15) is 0 Å². The third kappa shape index (κ3) is 2.98. The van der Waals surface area contributed by atoms with Gasteiger partial charge in [-0.3, -0.25) is 0 Å². The van der Waals surface area contributed by atoms with Crippen molar-refractivity contribution in [1.29, 1.82) is 0 Å². The molecule has 0 fully saturated rings. The Balaban J connectivity index is 2.24. The van der Waals surface area contributed by atoms with E-state index in [0.717, 1.165) is 15.9 Å². The predicted octanol–water partition coefficient (Wildman–Crippen LogP) is 2.24. The van der Waals surface area contributed by atoms with Crippen LogP contribution >= 0.6 is 15.9 Å². The van der Waals surface area contributed by atoms with Crippen LogP contribution in [0.5, 0.6) is 0 Å². The SMILES string of the molecule is NC(=O)NN=Cc1cccn1-c1ccc(Br)cc1. The molecule has 0 atom stereocenters. The second kappa shape index (κ2) is 5.50. The molecule has 18 heavy (non-hydrogen) atoms. The van der Waals surface area contributed by atoms with Crippen LogP contribution in [0.4, 0.5) is 4.79 Å². The summed E-state index contributed by atoms with van der Waals surface area (Å²) in [6.45, 7) is 0. The minimum atomic E-state index is -0.687. The van der Waals surface area contributed by atoms with Crippen LogP contribution in [-0.2, 0) is 0 Å². The average molecular weight is 307 g/mol. The standard InChI is InChI=1S/C12H11BrN4O/c13-9-3-5-10(6-4-9)17-7-1-2-11(17)8-15-16-12(14)18/h1-8H,(H3,14,16,18). The van der Waals surface area contributed by atoms with Gasteiger partial charge in [0.25, 0.3) is 0 Å². The molecule has 1 heterocycles. The van der Waals surface area contributed by atoms with Crippen LogP contribution in [0.15, 0.2) is 52.2 Å². The summed E-state index contributed by atoms with van der Waals surface area (Å²) in [7, 11) is 0. The molecule has 0 aliphatic carbocycles. The molecule has 0 aliphatic heterocycles. The summed E-state index contributed by atoms with van der Waals surface area (Å²) in [5, 5.41) is 3.74. The molecule has 0 saturated heterocycles. The van der Waals surface area contributed by atoms with E-state index >= 15 is 0 Å². The number of nitrogens with zero attached hydrogens (tertiary/aromatic N) is 2. The van der Waals surface area contributed by atoms with E-state index in [1.165, 1.54) is 6.21 Å². The van der Waals surface area contributed by atoms with Crippen molar-refractivity contribution in [2.45, 2.75) is 0 Å². The van der Waals surface area contributed by atoms with E-state index in [9.17, 15) is 4.79 Å². The lowest BCUT2D eigenvalue weighted by Crippen LogP contribution is -2.24. The minimum absolute atomic E-state index is 0.687. The summed E-state index contributed by atoms with van der Waals surface area (Å²) >= 11 is 3.39. The van der Waals surface area contributed by atoms with Crippen LogP contribution in [0.3, 0.4) is 0 Å². The number of amides is 2. The lowest BCUT2D eigenvalue weighted by atomic mass is 10.3. The van der Waals surface area contributed by atoms with Gasteiger partial charge in [0, 0.05) is 16.4 Å². The molecule has 0 unspecified atom stereocenters. The Kier molecular flexibility index (Phi) is 3.78. The van der Waals surface area contributed by atoms with Crippen molar-refractivity contribution in [2.75, 3.05) is 0 Å². The van der Waals surface area contributed by atoms with Crippen molar-refractivity contribution in [1.82, 2.24) is 9.99 Å². The van der Waals surface area contributed by atoms with Crippen molar-refractivity contribution in [3.8, 4) is 5.69 Å². The number of benzene rings is 1. The molecule has 2 aromatic rings. The van der Waals surface area contributed by atoms with Crippen LogP contribution in [-0.4, -0.2) is 16.8 Å². The largest absolute Gasteiger partial charge is 0.350 e. The van der Waals surface area contributed by atoms with Gasteiger partial charge in [-0.15, -0.1) is 0 Å². The molecule has 2 amide bonds. The fourth-order valence-corrected chi connectivity index (χ4v) is 1.76. The third-order valence-corrected chi connectivity index (χ3v) is 2.79. The number of hydrazone groups is 1. The number of carbonyl (C=O) groups is 1. The molecular weight excluding hydrogens is 296 g/mol. The molecule has 0 aliphatic rings. The van der Waals surface area contributed by atoms with Gasteiger partial charge in [0.15, 0.2) is 0 Å².